The number of amides is 2. The summed E-state index contributed by atoms with van der Waals surface area (Å²) in [5.41, 5.74) is 4.06. The fourth-order valence-electron chi connectivity index (χ4n) is 3.72. The highest BCUT2D eigenvalue weighted by Gasteiger charge is 2.31. The molecule has 0 saturated heterocycles. The molecule has 1 aromatic heterocycles. The Hall–Kier alpha value is -3.76. The number of likely N-dealkylation sites (N-methyl/N-ethyl adjacent to an activating group) is 1. The van der Waals surface area contributed by atoms with Gasteiger partial charge in [-0.15, -0.1) is 11.3 Å². The zero-order valence-electron chi connectivity index (χ0n) is 18.1. The molecular weight excluding hydrogens is 442 g/mol. The Labute approximate surface area is 193 Å². The van der Waals surface area contributed by atoms with Crippen molar-refractivity contribution in [2.45, 2.75) is 0 Å². The second-order valence-corrected chi connectivity index (χ2v) is 8.30. The number of rotatable bonds is 5. The zero-order valence-corrected chi connectivity index (χ0v) is 18.9. The highest BCUT2D eigenvalue weighted by atomic mass is 32.1. The van der Waals surface area contributed by atoms with Gasteiger partial charge in [0.05, 0.1) is 30.2 Å². The molecule has 5 rings (SSSR count). The molecule has 2 aromatic carbocycles. The summed E-state index contributed by atoms with van der Waals surface area (Å²) in [5, 5.41) is 9.53. The van der Waals surface area contributed by atoms with Crippen molar-refractivity contribution >= 4 is 40.2 Å². The summed E-state index contributed by atoms with van der Waals surface area (Å²) in [4.78, 5) is 31.6. The van der Waals surface area contributed by atoms with Gasteiger partial charge in [-0.3, -0.25) is 14.6 Å². The second-order valence-electron chi connectivity index (χ2n) is 7.47. The third-order valence-electron chi connectivity index (χ3n) is 5.36. The first-order chi connectivity index (χ1) is 16.1. The standard InChI is InChI=1S/C23H21N5O4S/c1-27-17-6-4-3-5-15(17)21(22(27)30)26-28-18(13-33-23(28)24-9-10-31-2)14-7-8-19-16(11-14)25-20(29)12-32-19/h3-8,11,13H,9-10,12H2,1-2H3,(H,25,29). The first-order valence-electron chi connectivity index (χ1n) is 10.3. The number of hydrogen-bond acceptors (Lipinski definition) is 7. The molecule has 9 nitrogen and oxygen atoms in total. The van der Waals surface area contributed by atoms with Crippen LogP contribution < -0.4 is 19.8 Å². The van der Waals surface area contributed by atoms with E-state index in [0.717, 1.165) is 22.5 Å². The lowest BCUT2D eigenvalue weighted by Crippen LogP contribution is -2.27. The van der Waals surface area contributed by atoms with E-state index in [1.54, 1.807) is 23.7 Å². The maximum absolute atomic E-state index is 13.0. The van der Waals surface area contributed by atoms with Crippen molar-refractivity contribution in [1.29, 1.82) is 0 Å². The molecular formula is C23H21N5O4S. The van der Waals surface area contributed by atoms with Gasteiger partial charge in [0.15, 0.2) is 12.3 Å². The van der Waals surface area contributed by atoms with E-state index in [2.05, 4.69) is 10.3 Å². The Bertz CT molecular complexity index is 1360. The molecule has 3 aromatic rings. The van der Waals surface area contributed by atoms with Crippen molar-refractivity contribution < 1.29 is 19.1 Å². The normalized spacial score (nSPS) is 16.6. The molecule has 1 N–H and O–H groups in total. The Balaban J connectivity index is 1.66. The average Bonchev–Trinajstić information content (AvgIpc) is 3.33. The molecule has 0 fully saturated rings. The molecule has 2 aliphatic heterocycles. The minimum Gasteiger partial charge on any atom is -0.482 e. The minimum absolute atomic E-state index is 0.00395. The molecule has 33 heavy (non-hydrogen) atoms. The van der Waals surface area contributed by atoms with E-state index in [1.807, 2.05) is 47.8 Å². The van der Waals surface area contributed by atoms with E-state index in [0.29, 0.717) is 35.1 Å². The summed E-state index contributed by atoms with van der Waals surface area (Å²) in [6.45, 7) is 0.923. The van der Waals surface area contributed by atoms with Gasteiger partial charge >= 0.3 is 0 Å². The van der Waals surface area contributed by atoms with E-state index in [9.17, 15) is 9.59 Å². The topological polar surface area (TPSA) is 97.5 Å². The van der Waals surface area contributed by atoms with Crippen LogP contribution in [0, 0.1) is 0 Å². The number of nitrogens with one attached hydrogen (secondary N) is 1. The fourth-order valence-corrected chi connectivity index (χ4v) is 4.58. The first-order valence-corrected chi connectivity index (χ1v) is 11.2. The number of nitrogens with zero attached hydrogens (tertiary/aromatic N) is 4. The van der Waals surface area contributed by atoms with Crippen molar-refractivity contribution in [2.24, 2.45) is 10.1 Å². The molecule has 0 aliphatic carbocycles. The number of para-hydroxylation sites is 1. The number of carbonyl (C=O) groups excluding carboxylic acids is 2. The van der Waals surface area contributed by atoms with Gasteiger partial charge in [0.1, 0.15) is 5.75 Å². The number of carbonyl (C=O) groups is 2. The molecule has 0 saturated carbocycles. The third kappa shape index (κ3) is 3.83. The van der Waals surface area contributed by atoms with E-state index >= 15 is 0 Å². The number of benzene rings is 2. The van der Waals surface area contributed by atoms with Crippen LogP contribution in [0.5, 0.6) is 5.75 Å². The highest BCUT2D eigenvalue weighted by molar-refractivity contribution is 7.07. The van der Waals surface area contributed by atoms with Crippen LogP contribution in [0.15, 0.2) is 57.9 Å². The Kier molecular flexibility index (Phi) is 5.53. The SMILES string of the molecule is COCCN=c1scc(-c2ccc3c(c2)NC(=O)CO3)n1N=C1C(=O)N(C)c2ccccc21. The van der Waals surface area contributed by atoms with E-state index < -0.39 is 0 Å². The predicted octanol–water partition coefficient (Wildman–Crippen LogP) is 2.32. The molecule has 10 heteroatoms. The number of anilines is 2. The van der Waals surface area contributed by atoms with Gasteiger partial charge < -0.3 is 19.7 Å². The van der Waals surface area contributed by atoms with Crippen LogP contribution in [-0.2, 0) is 14.3 Å². The number of fused-ring (bicyclic) bond motifs is 2. The van der Waals surface area contributed by atoms with E-state index in [1.165, 1.54) is 11.3 Å². The fraction of sp³-hybridized carbons (Fsp3) is 0.217. The number of hydrogen-bond donors (Lipinski definition) is 1. The molecule has 0 bridgehead atoms. The highest BCUT2D eigenvalue weighted by Crippen LogP contribution is 2.33. The summed E-state index contributed by atoms with van der Waals surface area (Å²) in [7, 11) is 3.36. The van der Waals surface area contributed by atoms with Crippen LogP contribution in [0.4, 0.5) is 11.4 Å². The second kappa shape index (κ2) is 8.64. The average molecular weight is 464 g/mol. The van der Waals surface area contributed by atoms with E-state index in [4.69, 9.17) is 14.6 Å². The Morgan fingerprint density at radius 1 is 1.21 bits per heavy atom. The number of ether oxygens (including phenoxy) is 2. The lowest BCUT2D eigenvalue weighted by Gasteiger charge is -2.18. The predicted molar refractivity (Wildman–Crippen MR) is 126 cm³/mol. The van der Waals surface area contributed by atoms with Crippen LogP contribution in [0.25, 0.3) is 11.3 Å². The van der Waals surface area contributed by atoms with Crippen LogP contribution in [0.2, 0.25) is 0 Å². The molecule has 2 aliphatic rings. The van der Waals surface area contributed by atoms with Crippen molar-refractivity contribution in [3.63, 3.8) is 0 Å². The smallest absolute Gasteiger partial charge is 0.279 e. The number of aromatic nitrogens is 1. The molecule has 0 unspecified atom stereocenters. The van der Waals surface area contributed by atoms with Crippen LogP contribution in [0.1, 0.15) is 5.56 Å². The van der Waals surface area contributed by atoms with E-state index in [-0.39, 0.29) is 18.4 Å². The zero-order chi connectivity index (χ0) is 22.9. The largest absolute Gasteiger partial charge is 0.482 e. The van der Waals surface area contributed by atoms with Crippen molar-refractivity contribution in [2.75, 3.05) is 44.1 Å². The lowest BCUT2D eigenvalue weighted by molar-refractivity contribution is -0.118. The molecule has 2 amide bonds. The monoisotopic (exact) mass is 463 g/mol. The third-order valence-corrected chi connectivity index (χ3v) is 6.22. The molecule has 0 atom stereocenters. The Morgan fingerprint density at radius 2 is 2.06 bits per heavy atom. The summed E-state index contributed by atoms with van der Waals surface area (Å²) in [6.07, 6.45) is 0. The van der Waals surface area contributed by atoms with Gasteiger partial charge in [-0.25, -0.2) is 4.68 Å². The molecule has 0 radical (unpaired) electrons. The van der Waals surface area contributed by atoms with Gasteiger partial charge in [0.2, 0.25) is 4.80 Å². The summed E-state index contributed by atoms with van der Waals surface area (Å²) >= 11 is 1.42. The van der Waals surface area contributed by atoms with Crippen molar-refractivity contribution in [1.82, 2.24) is 4.68 Å². The van der Waals surface area contributed by atoms with Gasteiger partial charge in [-0.1, -0.05) is 18.2 Å². The number of thiazole rings is 1. The first kappa shape index (κ1) is 21.1. The van der Waals surface area contributed by atoms with Crippen LogP contribution in [-0.4, -0.2) is 56.1 Å². The molecule has 0 spiro atoms. The van der Waals surface area contributed by atoms with Gasteiger partial charge in [-0.2, -0.15) is 5.10 Å². The molecule has 3 heterocycles. The lowest BCUT2D eigenvalue weighted by atomic mass is 10.1. The number of methoxy groups -OCH3 is 1. The van der Waals surface area contributed by atoms with Gasteiger partial charge in [0, 0.05) is 30.7 Å². The van der Waals surface area contributed by atoms with Crippen molar-refractivity contribution in [3.05, 3.63) is 58.2 Å². The maximum Gasteiger partial charge on any atom is 0.279 e. The van der Waals surface area contributed by atoms with Gasteiger partial charge in [-0.05, 0) is 24.3 Å². The summed E-state index contributed by atoms with van der Waals surface area (Å²) < 4.78 is 12.3. The minimum atomic E-state index is -0.204. The Morgan fingerprint density at radius 3 is 2.91 bits per heavy atom. The van der Waals surface area contributed by atoms with Crippen LogP contribution >= 0.6 is 11.3 Å². The molecule has 168 valence electrons. The summed E-state index contributed by atoms with van der Waals surface area (Å²) in [6, 6.07) is 13.1. The quantitative estimate of drug-likeness (QED) is 0.587. The maximum atomic E-state index is 13.0. The van der Waals surface area contributed by atoms with Crippen LogP contribution in [0.3, 0.4) is 0 Å². The van der Waals surface area contributed by atoms with Gasteiger partial charge in [0.25, 0.3) is 11.8 Å². The van der Waals surface area contributed by atoms with Crippen molar-refractivity contribution in [3.8, 4) is 17.0 Å². The summed E-state index contributed by atoms with van der Waals surface area (Å²) in [5.74, 6) is 0.220.